The minimum Gasteiger partial charge on any atom is -0.493 e. The molecule has 110 valence electrons. The quantitative estimate of drug-likeness (QED) is 0.893. The molecule has 0 aliphatic carbocycles. The highest BCUT2D eigenvalue weighted by Gasteiger charge is 2.17. The standard InChI is InChI=1S/C17H26N2O/c1-2-19(13-16-5-3-4-9-18-16)12-14-6-7-17-15(11-14)8-10-20-17/h6-7,11,16,18H,2-5,8-10,12-13H2,1H3. The number of hydrogen-bond donors (Lipinski definition) is 1. The van der Waals surface area contributed by atoms with E-state index in [-0.39, 0.29) is 0 Å². The van der Waals surface area contributed by atoms with E-state index in [0.717, 1.165) is 31.9 Å². The maximum Gasteiger partial charge on any atom is 0.122 e. The predicted molar refractivity (Wildman–Crippen MR) is 82.2 cm³/mol. The molecule has 3 nitrogen and oxygen atoms in total. The lowest BCUT2D eigenvalue weighted by molar-refractivity contribution is 0.226. The summed E-state index contributed by atoms with van der Waals surface area (Å²) >= 11 is 0. The Morgan fingerprint density at radius 3 is 3.10 bits per heavy atom. The van der Waals surface area contributed by atoms with Crippen LogP contribution < -0.4 is 10.1 Å². The fourth-order valence-corrected chi connectivity index (χ4v) is 3.29. The zero-order valence-electron chi connectivity index (χ0n) is 12.5. The van der Waals surface area contributed by atoms with Gasteiger partial charge in [0, 0.05) is 25.6 Å². The van der Waals surface area contributed by atoms with Crippen molar-refractivity contribution >= 4 is 0 Å². The molecule has 1 fully saturated rings. The van der Waals surface area contributed by atoms with Gasteiger partial charge in [-0.15, -0.1) is 0 Å². The summed E-state index contributed by atoms with van der Waals surface area (Å²) in [4.78, 5) is 2.56. The normalized spacial score (nSPS) is 21.8. The minimum absolute atomic E-state index is 0.682. The fraction of sp³-hybridized carbons (Fsp3) is 0.647. The van der Waals surface area contributed by atoms with Crippen molar-refractivity contribution in [2.45, 2.75) is 45.2 Å². The minimum atomic E-state index is 0.682. The summed E-state index contributed by atoms with van der Waals surface area (Å²) in [5.74, 6) is 1.09. The average Bonchev–Trinajstić information content (AvgIpc) is 2.95. The first-order valence-corrected chi connectivity index (χ1v) is 8.05. The fourth-order valence-electron chi connectivity index (χ4n) is 3.29. The van der Waals surface area contributed by atoms with Crippen molar-refractivity contribution in [1.82, 2.24) is 10.2 Å². The van der Waals surface area contributed by atoms with E-state index in [2.05, 4.69) is 35.3 Å². The lowest BCUT2D eigenvalue weighted by atomic mass is 10.0. The molecule has 2 aliphatic rings. The summed E-state index contributed by atoms with van der Waals surface area (Å²) in [5.41, 5.74) is 2.81. The molecule has 1 aromatic rings. The third-order valence-corrected chi connectivity index (χ3v) is 4.50. The molecule has 1 aromatic carbocycles. The van der Waals surface area contributed by atoms with E-state index in [9.17, 15) is 0 Å². The summed E-state index contributed by atoms with van der Waals surface area (Å²) in [6.07, 6.45) is 5.12. The number of rotatable bonds is 5. The van der Waals surface area contributed by atoms with Crippen LogP contribution in [0.3, 0.4) is 0 Å². The van der Waals surface area contributed by atoms with Gasteiger partial charge in [0.25, 0.3) is 0 Å². The van der Waals surface area contributed by atoms with Gasteiger partial charge in [0.2, 0.25) is 0 Å². The number of benzene rings is 1. The Hall–Kier alpha value is -1.06. The van der Waals surface area contributed by atoms with Gasteiger partial charge in [-0.05, 0) is 43.1 Å². The van der Waals surface area contributed by atoms with Gasteiger partial charge in [-0.2, -0.15) is 0 Å². The van der Waals surface area contributed by atoms with Gasteiger partial charge in [-0.3, -0.25) is 4.90 Å². The van der Waals surface area contributed by atoms with Gasteiger partial charge in [0.15, 0.2) is 0 Å². The Morgan fingerprint density at radius 1 is 1.35 bits per heavy atom. The molecule has 0 aromatic heterocycles. The van der Waals surface area contributed by atoms with Gasteiger partial charge in [-0.1, -0.05) is 25.5 Å². The van der Waals surface area contributed by atoms with Crippen molar-refractivity contribution in [3.05, 3.63) is 29.3 Å². The Bertz CT molecular complexity index is 441. The topological polar surface area (TPSA) is 24.5 Å². The van der Waals surface area contributed by atoms with Crippen LogP contribution in [0, 0.1) is 0 Å². The SMILES string of the molecule is CCN(Cc1ccc2c(c1)CCO2)CC1CCCCN1. The van der Waals surface area contributed by atoms with Crippen LogP contribution in [0.4, 0.5) is 0 Å². The molecule has 1 atom stereocenters. The molecule has 2 heterocycles. The lowest BCUT2D eigenvalue weighted by Gasteiger charge is -2.30. The van der Waals surface area contributed by atoms with Gasteiger partial charge in [0.1, 0.15) is 5.75 Å². The molecule has 0 amide bonds. The molecular formula is C17H26N2O. The van der Waals surface area contributed by atoms with Gasteiger partial charge >= 0.3 is 0 Å². The second-order valence-corrected chi connectivity index (χ2v) is 6.02. The van der Waals surface area contributed by atoms with Crippen molar-refractivity contribution in [3.63, 3.8) is 0 Å². The van der Waals surface area contributed by atoms with Crippen LogP contribution in [0.25, 0.3) is 0 Å². The highest BCUT2D eigenvalue weighted by Crippen LogP contribution is 2.26. The van der Waals surface area contributed by atoms with E-state index < -0.39 is 0 Å². The molecule has 3 rings (SSSR count). The van der Waals surface area contributed by atoms with Crippen LogP contribution in [0.1, 0.15) is 37.3 Å². The van der Waals surface area contributed by atoms with E-state index in [4.69, 9.17) is 4.74 Å². The van der Waals surface area contributed by atoms with E-state index in [1.165, 1.54) is 43.5 Å². The van der Waals surface area contributed by atoms with Crippen LogP contribution in [-0.4, -0.2) is 37.2 Å². The Kier molecular flexibility index (Phi) is 4.58. The molecule has 1 N–H and O–H groups in total. The first-order valence-electron chi connectivity index (χ1n) is 8.05. The van der Waals surface area contributed by atoms with Gasteiger partial charge in [0.05, 0.1) is 6.61 Å². The first kappa shape index (κ1) is 13.9. The van der Waals surface area contributed by atoms with Gasteiger partial charge in [-0.25, -0.2) is 0 Å². The first-order chi connectivity index (χ1) is 9.85. The molecule has 2 aliphatic heterocycles. The van der Waals surface area contributed by atoms with Crippen molar-refractivity contribution in [2.75, 3.05) is 26.2 Å². The molecule has 0 radical (unpaired) electrons. The van der Waals surface area contributed by atoms with E-state index >= 15 is 0 Å². The highest BCUT2D eigenvalue weighted by atomic mass is 16.5. The number of likely N-dealkylation sites (N-methyl/N-ethyl adjacent to an activating group) is 1. The predicted octanol–water partition coefficient (Wildman–Crippen LogP) is 2.59. The van der Waals surface area contributed by atoms with Gasteiger partial charge < -0.3 is 10.1 Å². The second-order valence-electron chi connectivity index (χ2n) is 6.02. The number of nitrogens with one attached hydrogen (secondary N) is 1. The maximum atomic E-state index is 5.58. The molecule has 0 bridgehead atoms. The second kappa shape index (κ2) is 6.59. The average molecular weight is 274 g/mol. The third-order valence-electron chi connectivity index (χ3n) is 4.50. The Labute approximate surface area is 122 Å². The number of ether oxygens (including phenoxy) is 1. The maximum absolute atomic E-state index is 5.58. The Balaban J connectivity index is 1.59. The van der Waals surface area contributed by atoms with Crippen molar-refractivity contribution < 1.29 is 4.74 Å². The molecule has 0 spiro atoms. The number of fused-ring (bicyclic) bond motifs is 1. The number of hydrogen-bond acceptors (Lipinski definition) is 3. The van der Waals surface area contributed by atoms with E-state index in [0.29, 0.717) is 6.04 Å². The molecule has 1 unspecified atom stereocenters. The largest absolute Gasteiger partial charge is 0.493 e. The monoisotopic (exact) mass is 274 g/mol. The van der Waals surface area contributed by atoms with Crippen molar-refractivity contribution in [2.24, 2.45) is 0 Å². The van der Waals surface area contributed by atoms with Crippen LogP contribution in [0.15, 0.2) is 18.2 Å². The van der Waals surface area contributed by atoms with Crippen LogP contribution in [0.2, 0.25) is 0 Å². The highest BCUT2D eigenvalue weighted by molar-refractivity contribution is 5.39. The summed E-state index contributed by atoms with van der Waals surface area (Å²) in [5, 5.41) is 3.65. The van der Waals surface area contributed by atoms with Crippen molar-refractivity contribution in [3.8, 4) is 5.75 Å². The number of piperidine rings is 1. The summed E-state index contributed by atoms with van der Waals surface area (Å²) in [7, 11) is 0. The molecule has 0 saturated carbocycles. The van der Waals surface area contributed by atoms with E-state index in [1.54, 1.807) is 0 Å². The number of nitrogens with zero attached hydrogens (tertiary/aromatic N) is 1. The Morgan fingerprint density at radius 2 is 2.30 bits per heavy atom. The third kappa shape index (κ3) is 3.33. The molecule has 20 heavy (non-hydrogen) atoms. The smallest absolute Gasteiger partial charge is 0.122 e. The van der Waals surface area contributed by atoms with Crippen LogP contribution >= 0.6 is 0 Å². The van der Waals surface area contributed by atoms with Crippen LogP contribution in [-0.2, 0) is 13.0 Å². The lowest BCUT2D eigenvalue weighted by Crippen LogP contribution is -2.43. The summed E-state index contributed by atoms with van der Waals surface area (Å²) in [6, 6.07) is 7.38. The zero-order chi connectivity index (χ0) is 13.8. The van der Waals surface area contributed by atoms with E-state index in [1.807, 2.05) is 0 Å². The molecular weight excluding hydrogens is 248 g/mol. The summed E-state index contributed by atoms with van der Waals surface area (Å²) in [6.45, 7) is 7.65. The zero-order valence-corrected chi connectivity index (χ0v) is 12.5. The van der Waals surface area contributed by atoms with Crippen LogP contribution in [0.5, 0.6) is 5.75 Å². The molecule has 1 saturated heterocycles. The molecule has 3 heteroatoms. The van der Waals surface area contributed by atoms with Crippen molar-refractivity contribution in [1.29, 1.82) is 0 Å². The summed E-state index contributed by atoms with van der Waals surface area (Å²) < 4.78 is 5.58.